The summed E-state index contributed by atoms with van der Waals surface area (Å²) in [7, 11) is 1.07. The van der Waals surface area contributed by atoms with Gasteiger partial charge in [-0.15, -0.1) is 0 Å². The number of aromatic nitrogens is 4. The van der Waals surface area contributed by atoms with Crippen molar-refractivity contribution >= 4 is 23.6 Å². The summed E-state index contributed by atoms with van der Waals surface area (Å²) in [6.07, 6.45) is -2.50. The number of pyridine rings is 1. The van der Waals surface area contributed by atoms with Crippen molar-refractivity contribution in [2.75, 3.05) is 7.11 Å². The van der Waals surface area contributed by atoms with Gasteiger partial charge in [0.05, 0.1) is 24.1 Å². The Hall–Kier alpha value is -3.79. The molecule has 190 valence electrons. The molecule has 15 heteroatoms. The van der Waals surface area contributed by atoms with Crippen LogP contribution >= 0.6 is 11.8 Å². The van der Waals surface area contributed by atoms with Crippen molar-refractivity contribution in [3.63, 3.8) is 0 Å². The zero-order chi connectivity index (χ0) is 25.8. The summed E-state index contributed by atoms with van der Waals surface area (Å²) in [5.41, 5.74) is -1.56. The molecule has 0 radical (unpaired) electrons. The molecule has 4 heterocycles. The van der Waals surface area contributed by atoms with Crippen LogP contribution in [-0.4, -0.2) is 73.2 Å². The lowest BCUT2D eigenvalue weighted by Gasteiger charge is -2.24. The van der Waals surface area contributed by atoms with Gasteiger partial charge in [-0.1, -0.05) is 23.0 Å². The molecule has 0 aromatic carbocycles. The molecule has 1 amide bonds. The fraction of sp³-hybridized carbons (Fsp3) is 0.333. The first-order valence-corrected chi connectivity index (χ1v) is 11.5. The number of nitrogens with zero attached hydrogens (tertiary/aromatic N) is 3. The fourth-order valence-electron chi connectivity index (χ4n) is 3.56. The van der Waals surface area contributed by atoms with E-state index in [2.05, 4.69) is 15.5 Å². The zero-order valence-electron chi connectivity index (χ0n) is 18.6. The lowest BCUT2D eigenvalue weighted by atomic mass is 10.0. The molecule has 4 N–H and O–H groups in total. The molecule has 14 nitrogen and oxygen atoms in total. The zero-order valence-corrected chi connectivity index (χ0v) is 19.5. The van der Waals surface area contributed by atoms with Gasteiger partial charge in [-0.05, 0) is 12.1 Å². The number of esters is 1. The van der Waals surface area contributed by atoms with E-state index in [-0.39, 0.29) is 17.1 Å². The normalized spacial score (nSPS) is 22.2. The van der Waals surface area contributed by atoms with E-state index in [0.717, 1.165) is 23.9 Å². The summed E-state index contributed by atoms with van der Waals surface area (Å²) in [4.78, 5) is 55.2. The maximum absolute atomic E-state index is 13.0. The molecule has 4 rings (SSSR count). The third-order valence-corrected chi connectivity index (χ3v) is 6.29. The Bertz CT molecular complexity index is 1340. The topological polar surface area (TPSA) is 199 Å². The Balaban J connectivity index is 1.53. The molecule has 0 bridgehead atoms. The molecular weight excluding hydrogens is 498 g/mol. The Labute approximate surface area is 206 Å². The number of aliphatic hydroxyl groups is 2. The number of thioether (sulfide) groups is 1. The number of hydrogen-bond donors (Lipinski definition) is 4. The second-order valence-corrected chi connectivity index (χ2v) is 8.58. The number of ether oxygens (including phenoxy) is 2. The van der Waals surface area contributed by atoms with Crippen LogP contribution in [0.2, 0.25) is 0 Å². The minimum atomic E-state index is -1.71. The van der Waals surface area contributed by atoms with Crippen LogP contribution in [0.3, 0.4) is 0 Å². The van der Waals surface area contributed by atoms with E-state index in [0.29, 0.717) is 5.03 Å². The average molecular weight is 519 g/mol. The molecule has 5 atom stereocenters. The van der Waals surface area contributed by atoms with Crippen molar-refractivity contribution < 1.29 is 33.8 Å². The first-order chi connectivity index (χ1) is 17.3. The first-order valence-electron chi connectivity index (χ1n) is 10.5. The van der Waals surface area contributed by atoms with E-state index < -0.39 is 53.7 Å². The van der Waals surface area contributed by atoms with E-state index in [4.69, 9.17) is 14.0 Å². The Kier molecular flexibility index (Phi) is 7.64. The second-order valence-electron chi connectivity index (χ2n) is 7.58. The van der Waals surface area contributed by atoms with E-state index in [9.17, 15) is 29.4 Å². The second kappa shape index (κ2) is 10.9. The van der Waals surface area contributed by atoms with Crippen LogP contribution in [-0.2, 0) is 20.0 Å². The van der Waals surface area contributed by atoms with Crippen LogP contribution in [0.4, 0.5) is 0 Å². The number of hydrogen-bond acceptors (Lipinski definition) is 12. The van der Waals surface area contributed by atoms with Gasteiger partial charge in [0, 0.05) is 18.5 Å². The number of methoxy groups -OCH3 is 1. The largest absolute Gasteiger partial charge is 0.467 e. The molecule has 0 aliphatic carbocycles. The van der Waals surface area contributed by atoms with Crippen LogP contribution in [0.5, 0.6) is 0 Å². The summed E-state index contributed by atoms with van der Waals surface area (Å²) < 4.78 is 16.4. The van der Waals surface area contributed by atoms with Crippen LogP contribution in [0.1, 0.15) is 22.3 Å². The van der Waals surface area contributed by atoms with E-state index in [1.54, 1.807) is 24.4 Å². The summed E-state index contributed by atoms with van der Waals surface area (Å²) in [6.45, 7) is 0. The van der Waals surface area contributed by atoms with Gasteiger partial charge in [0.15, 0.2) is 18.0 Å². The number of amides is 1. The van der Waals surface area contributed by atoms with E-state index in [1.165, 1.54) is 18.0 Å². The van der Waals surface area contributed by atoms with Gasteiger partial charge < -0.3 is 29.5 Å². The molecular formula is C21H21N5O9S. The van der Waals surface area contributed by atoms with Crippen LogP contribution in [0, 0.1) is 0 Å². The smallest absolute Gasteiger partial charge is 0.331 e. The first kappa shape index (κ1) is 25.3. The lowest BCUT2D eigenvalue weighted by Crippen LogP contribution is -2.53. The molecule has 0 unspecified atom stereocenters. The van der Waals surface area contributed by atoms with Crippen LogP contribution in [0.15, 0.2) is 62.0 Å². The summed E-state index contributed by atoms with van der Waals surface area (Å²) in [5, 5.41) is 27.8. The minimum absolute atomic E-state index is 0.0220. The highest BCUT2D eigenvalue weighted by molar-refractivity contribution is 7.98. The van der Waals surface area contributed by atoms with Crippen LogP contribution < -0.4 is 16.6 Å². The molecule has 36 heavy (non-hydrogen) atoms. The highest BCUT2D eigenvalue weighted by atomic mass is 32.2. The van der Waals surface area contributed by atoms with Crippen molar-refractivity contribution in [3.05, 3.63) is 75.0 Å². The van der Waals surface area contributed by atoms with Crippen molar-refractivity contribution in [2.45, 2.75) is 41.4 Å². The number of H-pyrrole nitrogens is 1. The highest BCUT2D eigenvalue weighted by Crippen LogP contribution is 2.31. The third-order valence-electron chi connectivity index (χ3n) is 5.35. The van der Waals surface area contributed by atoms with Gasteiger partial charge in [-0.2, -0.15) is 0 Å². The molecule has 1 aliphatic heterocycles. The Morgan fingerprint density at radius 1 is 1.28 bits per heavy atom. The monoisotopic (exact) mass is 519 g/mol. The number of aromatic amines is 1. The van der Waals surface area contributed by atoms with Crippen molar-refractivity contribution in [1.29, 1.82) is 0 Å². The Morgan fingerprint density at radius 3 is 2.78 bits per heavy atom. The number of rotatable bonds is 8. The molecule has 1 aliphatic rings. The maximum Gasteiger partial charge on any atom is 0.331 e. The maximum atomic E-state index is 13.0. The number of carbonyl (C=O) groups excluding carboxylic acids is 2. The standard InChI is InChI=1S/C21H21N5O9S/c1-33-20(31)14(17-15(28)16(29)19(34-17)26-7-5-12(27)24-21(26)32)25-18(30)10-8-23-35-11(10)9-36-13-4-2-3-6-22-13/h2-8,14-17,19,28-29H,9H2,1H3,(H,25,30)(H,24,27,32)/t14-,15-,16+,17+,19+/m0/s1. The van der Waals surface area contributed by atoms with Crippen molar-refractivity contribution in [1.82, 2.24) is 25.0 Å². The SMILES string of the molecule is COC(=O)[C@@H](NC(=O)c1cnoc1CSc1ccccn1)[C@H]1O[C@@H](n2ccc(=O)[nH]c2=O)[C@H](O)[C@@H]1O. The van der Waals surface area contributed by atoms with E-state index >= 15 is 0 Å². The molecule has 0 saturated carbocycles. The van der Waals surface area contributed by atoms with Gasteiger partial charge in [-0.3, -0.25) is 19.1 Å². The van der Waals surface area contributed by atoms with Crippen molar-refractivity contribution in [2.24, 2.45) is 0 Å². The summed E-state index contributed by atoms with van der Waals surface area (Å²) in [5.74, 6) is -1.34. The third kappa shape index (κ3) is 5.23. The molecule has 1 fully saturated rings. The average Bonchev–Trinajstić information content (AvgIpc) is 3.46. The quantitative estimate of drug-likeness (QED) is 0.205. The fourth-order valence-corrected chi connectivity index (χ4v) is 4.36. The van der Waals surface area contributed by atoms with Gasteiger partial charge >= 0.3 is 11.7 Å². The highest BCUT2D eigenvalue weighted by Gasteiger charge is 2.50. The van der Waals surface area contributed by atoms with E-state index in [1.807, 2.05) is 4.98 Å². The summed E-state index contributed by atoms with van der Waals surface area (Å²) in [6, 6.07) is 4.79. The molecule has 3 aromatic rings. The summed E-state index contributed by atoms with van der Waals surface area (Å²) >= 11 is 1.29. The predicted octanol–water partition coefficient (Wildman–Crippen LogP) is -1.20. The lowest BCUT2D eigenvalue weighted by molar-refractivity contribution is -0.149. The number of aliphatic hydroxyl groups excluding tert-OH is 2. The minimum Gasteiger partial charge on any atom is -0.467 e. The number of nitrogens with one attached hydrogen (secondary N) is 2. The van der Waals surface area contributed by atoms with Crippen LogP contribution in [0.25, 0.3) is 0 Å². The van der Waals surface area contributed by atoms with Gasteiger partial charge in [0.1, 0.15) is 23.9 Å². The van der Waals surface area contributed by atoms with Gasteiger partial charge in [0.25, 0.3) is 11.5 Å². The number of carbonyl (C=O) groups is 2. The Morgan fingerprint density at radius 2 is 2.08 bits per heavy atom. The molecule has 3 aromatic heterocycles. The van der Waals surface area contributed by atoms with Crippen molar-refractivity contribution in [3.8, 4) is 0 Å². The molecule has 1 saturated heterocycles. The van der Waals surface area contributed by atoms with Gasteiger partial charge in [0.2, 0.25) is 0 Å². The predicted molar refractivity (Wildman–Crippen MR) is 121 cm³/mol. The molecule has 0 spiro atoms. The van der Waals surface area contributed by atoms with Gasteiger partial charge in [-0.25, -0.2) is 14.6 Å².